The van der Waals surface area contributed by atoms with Gasteiger partial charge in [0.2, 0.25) is 6.79 Å². The van der Waals surface area contributed by atoms with Gasteiger partial charge in [0.1, 0.15) is 0 Å². The topological polar surface area (TPSA) is 65.1 Å². The zero-order chi connectivity index (χ0) is 18.5. The Morgan fingerprint density at radius 3 is 2.69 bits per heavy atom. The molecule has 1 heterocycles. The SMILES string of the molecule is CC1CCC(N(C)C(=O)COC(=O)/C=C/c2ccc3c(c2)OCO3)CC1. The van der Waals surface area contributed by atoms with E-state index in [9.17, 15) is 9.59 Å². The summed E-state index contributed by atoms with van der Waals surface area (Å²) in [6, 6.07) is 5.65. The second kappa shape index (κ2) is 8.25. The maximum Gasteiger partial charge on any atom is 0.331 e. The number of rotatable bonds is 5. The number of likely N-dealkylation sites (N-methyl/N-ethyl adjacent to an activating group) is 1. The van der Waals surface area contributed by atoms with Crippen molar-refractivity contribution < 1.29 is 23.8 Å². The lowest BCUT2D eigenvalue weighted by Crippen LogP contribution is -2.41. The van der Waals surface area contributed by atoms with Crippen LogP contribution in [0.2, 0.25) is 0 Å². The van der Waals surface area contributed by atoms with E-state index in [2.05, 4.69) is 6.92 Å². The van der Waals surface area contributed by atoms with Crippen LogP contribution in [0, 0.1) is 5.92 Å². The molecule has 1 aromatic carbocycles. The van der Waals surface area contributed by atoms with Crippen LogP contribution < -0.4 is 9.47 Å². The molecular formula is C20H25NO5. The van der Waals surface area contributed by atoms with E-state index in [0.717, 1.165) is 37.2 Å². The van der Waals surface area contributed by atoms with Crippen molar-refractivity contribution in [2.45, 2.75) is 38.6 Å². The fourth-order valence-electron chi connectivity index (χ4n) is 3.30. The molecule has 1 aromatic rings. The number of fused-ring (bicyclic) bond motifs is 1. The number of ether oxygens (including phenoxy) is 3. The summed E-state index contributed by atoms with van der Waals surface area (Å²) < 4.78 is 15.6. The molecule has 1 saturated carbocycles. The van der Waals surface area contributed by atoms with E-state index >= 15 is 0 Å². The van der Waals surface area contributed by atoms with Gasteiger partial charge in [-0.25, -0.2) is 4.79 Å². The van der Waals surface area contributed by atoms with E-state index < -0.39 is 5.97 Å². The zero-order valence-electron chi connectivity index (χ0n) is 15.3. The summed E-state index contributed by atoms with van der Waals surface area (Å²) >= 11 is 0. The molecule has 1 aliphatic carbocycles. The van der Waals surface area contributed by atoms with Gasteiger partial charge in [-0.1, -0.05) is 13.0 Å². The summed E-state index contributed by atoms with van der Waals surface area (Å²) in [6.07, 6.45) is 7.25. The Kier molecular flexibility index (Phi) is 5.81. The van der Waals surface area contributed by atoms with Gasteiger partial charge in [-0.15, -0.1) is 0 Å². The van der Waals surface area contributed by atoms with Crippen LogP contribution in [0.15, 0.2) is 24.3 Å². The van der Waals surface area contributed by atoms with Crippen LogP contribution in [0.3, 0.4) is 0 Å². The van der Waals surface area contributed by atoms with Gasteiger partial charge in [-0.05, 0) is 55.4 Å². The predicted octanol–water partition coefficient (Wildman–Crippen LogP) is 3.01. The summed E-state index contributed by atoms with van der Waals surface area (Å²) in [5.41, 5.74) is 0.797. The lowest BCUT2D eigenvalue weighted by atomic mass is 9.87. The Hall–Kier alpha value is -2.50. The van der Waals surface area contributed by atoms with Crippen molar-refractivity contribution in [2.24, 2.45) is 5.92 Å². The van der Waals surface area contributed by atoms with Crippen LogP contribution in [0.25, 0.3) is 6.08 Å². The number of hydrogen-bond acceptors (Lipinski definition) is 5. The molecule has 0 saturated heterocycles. The fourth-order valence-corrected chi connectivity index (χ4v) is 3.30. The van der Waals surface area contributed by atoms with Gasteiger partial charge < -0.3 is 19.1 Å². The lowest BCUT2D eigenvalue weighted by molar-refractivity contribution is -0.148. The zero-order valence-corrected chi connectivity index (χ0v) is 15.3. The molecule has 0 atom stereocenters. The van der Waals surface area contributed by atoms with E-state index in [-0.39, 0.29) is 25.3 Å². The Morgan fingerprint density at radius 2 is 1.92 bits per heavy atom. The predicted molar refractivity (Wildman–Crippen MR) is 96.7 cm³/mol. The summed E-state index contributed by atoms with van der Waals surface area (Å²) in [4.78, 5) is 25.8. The number of benzene rings is 1. The average Bonchev–Trinajstić information content (AvgIpc) is 3.12. The quantitative estimate of drug-likeness (QED) is 0.597. The molecule has 0 aromatic heterocycles. The van der Waals surface area contributed by atoms with Crippen molar-refractivity contribution >= 4 is 18.0 Å². The first kappa shape index (κ1) is 18.3. The largest absolute Gasteiger partial charge is 0.454 e. The first-order chi connectivity index (χ1) is 12.5. The number of carbonyl (C=O) groups excluding carboxylic acids is 2. The molecule has 0 radical (unpaired) electrons. The molecular weight excluding hydrogens is 334 g/mol. The normalized spacial score (nSPS) is 21.6. The van der Waals surface area contributed by atoms with E-state index in [1.165, 1.54) is 6.08 Å². The monoisotopic (exact) mass is 359 g/mol. The van der Waals surface area contributed by atoms with Gasteiger partial charge in [0.15, 0.2) is 18.1 Å². The standard InChI is InChI=1S/C20H25NO5/c1-14-3-7-16(8-4-14)21(2)19(22)12-24-20(23)10-6-15-5-9-17-18(11-15)26-13-25-17/h5-6,9-11,14,16H,3-4,7-8,12-13H2,1-2H3/b10-6+. The Bertz CT molecular complexity index is 691. The van der Waals surface area contributed by atoms with Gasteiger partial charge in [0, 0.05) is 19.2 Å². The van der Waals surface area contributed by atoms with E-state index in [1.807, 2.05) is 6.07 Å². The Labute approximate surface area is 153 Å². The van der Waals surface area contributed by atoms with E-state index in [4.69, 9.17) is 14.2 Å². The third-order valence-corrected chi connectivity index (χ3v) is 5.07. The minimum Gasteiger partial charge on any atom is -0.454 e. The summed E-state index contributed by atoms with van der Waals surface area (Å²) in [5, 5.41) is 0. The van der Waals surface area contributed by atoms with Crippen LogP contribution >= 0.6 is 0 Å². The highest BCUT2D eigenvalue weighted by Gasteiger charge is 2.25. The van der Waals surface area contributed by atoms with Gasteiger partial charge >= 0.3 is 5.97 Å². The molecule has 6 heteroatoms. The summed E-state index contributed by atoms with van der Waals surface area (Å²) in [6.45, 7) is 2.22. The van der Waals surface area contributed by atoms with E-state index in [1.54, 1.807) is 30.2 Å². The molecule has 0 bridgehead atoms. The van der Waals surface area contributed by atoms with E-state index in [0.29, 0.717) is 11.5 Å². The Morgan fingerprint density at radius 1 is 1.19 bits per heavy atom. The molecule has 0 unspecified atom stereocenters. The first-order valence-corrected chi connectivity index (χ1v) is 9.03. The minimum atomic E-state index is -0.540. The highest BCUT2D eigenvalue weighted by Crippen LogP contribution is 2.32. The summed E-state index contributed by atoms with van der Waals surface area (Å²) in [5.74, 6) is 1.37. The number of carbonyl (C=O) groups is 2. The van der Waals surface area contributed by atoms with Gasteiger partial charge in [-0.2, -0.15) is 0 Å². The van der Waals surface area contributed by atoms with Crippen LogP contribution in [-0.2, 0) is 14.3 Å². The van der Waals surface area contributed by atoms with Crippen molar-refractivity contribution in [1.82, 2.24) is 4.90 Å². The van der Waals surface area contributed by atoms with Crippen molar-refractivity contribution in [3.05, 3.63) is 29.8 Å². The van der Waals surface area contributed by atoms with Crippen molar-refractivity contribution in [1.29, 1.82) is 0 Å². The molecule has 0 N–H and O–H groups in total. The molecule has 1 fully saturated rings. The third-order valence-electron chi connectivity index (χ3n) is 5.07. The molecule has 3 rings (SSSR count). The van der Waals surface area contributed by atoms with Crippen LogP contribution in [-0.4, -0.2) is 43.3 Å². The molecule has 1 amide bonds. The minimum absolute atomic E-state index is 0.158. The smallest absolute Gasteiger partial charge is 0.331 e. The average molecular weight is 359 g/mol. The fraction of sp³-hybridized carbons (Fsp3) is 0.500. The Balaban J connectivity index is 1.45. The van der Waals surface area contributed by atoms with Crippen molar-refractivity contribution in [2.75, 3.05) is 20.4 Å². The molecule has 2 aliphatic rings. The number of amides is 1. The maximum absolute atomic E-state index is 12.2. The second-order valence-corrected chi connectivity index (χ2v) is 6.97. The van der Waals surface area contributed by atoms with Crippen LogP contribution in [0.5, 0.6) is 11.5 Å². The van der Waals surface area contributed by atoms with Gasteiger partial charge in [0.25, 0.3) is 5.91 Å². The van der Waals surface area contributed by atoms with Gasteiger partial charge in [-0.3, -0.25) is 4.79 Å². The van der Waals surface area contributed by atoms with Crippen molar-refractivity contribution in [3.8, 4) is 11.5 Å². The number of nitrogens with zero attached hydrogens (tertiary/aromatic N) is 1. The molecule has 0 spiro atoms. The first-order valence-electron chi connectivity index (χ1n) is 9.03. The molecule has 6 nitrogen and oxygen atoms in total. The number of hydrogen-bond donors (Lipinski definition) is 0. The van der Waals surface area contributed by atoms with Crippen LogP contribution in [0.4, 0.5) is 0 Å². The lowest BCUT2D eigenvalue weighted by Gasteiger charge is -2.33. The number of esters is 1. The van der Waals surface area contributed by atoms with Crippen molar-refractivity contribution in [3.63, 3.8) is 0 Å². The maximum atomic E-state index is 12.2. The molecule has 1 aliphatic heterocycles. The highest BCUT2D eigenvalue weighted by atomic mass is 16.7. The van der Waals surface area contributed by atoms with Crippen LogP contribution in [0.1, 0.15) is 38.2 Å². The molecule has 140 valence electrons. The molecule has 26 heavy (non-hydrogen) atoms. The summed E-state index contributed by atoms with van der Waals surface area (Å²) in [7, 11) is 1.79. The third kappa shape index (κ3) is 4.56. The highest BCUT2D eigenvalue weighted by molar-refractivity contribution is 5.89. The second-order valence-electron chi connectivity index (χ2n) is 6.97. The van der Waals surface area contributed by atoms with Gasteiger partial charge in [0.05, 0.1) is 0 Å².